The summed E-state index contributed by atoms with van der Waals surface area (Å²) < 4.78 is 23.9. The van der Waals surface area contributed by atoms with E-state index in [1.807, 2.05) is 0 Å². The number of ether oxygens (including phenoxy) is 2. The van der Waals surface area contributed by atoms with Crippen LogP contribution in [0.1, 0.15) is 25.8 Å². The molecule has 0 atom stereocenters. The second-order valence-corrected chi connectivity index (χ2v) is 4.37. The molecule has 0 saturated heterocycles. The number of benzene rings is 1. The van der Waals surface area contributed by atoms with Gasteiger partial charge in [-0.15, -0.1) is 0 Å². The lowest BCUT2D eigenvalue weighted by atomic mass is 10.1. The van der Waals surface area contributed by atoms with E-state index >= 15 is 0 Å². The molecule has 0 aliphatic carbocycles. The predicted molar refractivity (Wildman–Crippen MR) is 66.9 cm³/mol. The molecule has 0 radical (unpaired) electrons. The van der Waals surface area contributed by atoms with E-state index in [9.17, 15) is 4.39 Å². The van der Waals surface area contributed by atoms with Gasteiger partial charge in [0, 0.05) is 6.61 Å². The molecule has 18 heavy (non-hydrogen) atoms. The third-order valence-corrected chi connectivity index (χ3v) is 2.41. The highest BCUT2D eigenvalue weighted by atomic mass is 19.1. The normalized spacial score (nSPS) is 10.4. The van der Waals surface area contributed by atoms with Gasteiger partial charge in [0.1, 0.15) is 29.8 Å². The van der Waals surface area contributed by atoms with Crippen molar-refractivity contribution in [3.63, 3.8) is 0 Å². The van der Waals surface area contributed by atoms with Crippen LogP contribution >= 0.6 is 0 Å². The van der Waals surface area contributed by atoms with Gasteiger partial charge in [0.15, 0.2) is 0 Å². The Balaban J connectivity index is 2.32. The summed E-state index contributed by atoms with van der Waals surface area (Å²) in [5.74, 6) is 0.319. The topological polar surface area (TPSA) is 42.2 Å². The number of hydrogen-bond donors (Lipinski definition) is 0. The average Bonchev–Trinajstić information content (AvgIpc) is 2.33. The molecule has 0 N–H and O–H groups in total. The summed E-state index contributed by atoms with van der Waals surface area (Å²) in [6.45, 7) is 5.71. The Morgan fingerprint density at radius 3 is 2.72 bits per heavy atom. The SMILES string of the molecule is CC(C)CCOCCOc1cccc(F)c1C#N. The molecule has 0 aliphatic rings. The van der Waals surface area contributed by atoms with Crippen molar-refractivity contribution >= 4 is 0 Å². The monoisotopic (exact) mass is 251 g/mol. The average molecular weight is 251 g/mol. The molecular formula is C14H18FNO2. The molecule has 0 aromatic heterocycles. The number of nitrogens with zero attached hydrogens (tertiary/aromatic N) is 1. The van der Waals surface area contributed by atoms with Crippen LogP contribution in [-0.4, -0.2) is 19.8 Å². The zero-order valence-electron chi connectivity index (χ0n) is 10.8. The van der Waals surface area contributed by atoms with Crippen LogP contribution in [0.15, 0.2) is 18.2 Å². The van der Waals surface area contributed by atoms with E-state index in [4.69, 9.17) is 14.7 Å². The second kappa shape index (κ2) is 7.67. The highest BCUT2D eigenvalue weighted by Gasteiger charge is 2.08. The first kappa shape index (κ1) is 14.5. The van der Waals surface area contributed by atoms with Crippen molar-refractivity contribution in [1.82, 2.24) is 0 Å². The van der Waals surface area contributed by atoms with Crippen molar-refractivity contribution in [3.8, 4) is 11.8 Å². The smallest absolute Gasteiger partial charge is 0.144 e. The zero-order valence-corrected chi connectivity index (χ0v) is 10.8. The van der Waals surface area contributed by atoms with Gasteiger partial charge in [-0.05, 0) is 24.5 Å². The van der Waals surface area contributed by atoms with Crippen molar-refractivity contribution in [3.05, 3.63) is 29.6 Å². The molecule has 0 unspecified atom stereocenters. The van der Waals surface area contributed by atoms with Crippen LogP contribution in [0, 0.1) is 23.1 Å². The van der Waals surface area contributed by atoms with E-state index in [2.05, 4.69) is 13.8 Å². The van der Waals surface area contributed by atoms with Crippen LogP contribution in [0.3, 0.4) is 0 Å². The summed E-state index contributed by atoms with van der Waals surface area (Å²) in [6.07, 6.45) is 1.00. The lowest BCUT2D eigenvalue weighted by molar-refractivity contribution is 0.0924. The van der Waals surface area contributed by atoms with E-state index in [0.717, 1.165) is 6.42 Å². The van der Waals surface area contributed by atoms with Gasteiger partial charge in [-0.1, -0.05) is 19.9 Å². The van der Waals surface area contributed by atoms with Gasteiger partial charge < -0.3 is 9.47 Å². The maximum Gasteiger partial charge on any atom is 0.144 e. The third kappa shape index (κ3) is 4.72. The minimum atomic E-state index is -0.560. The predicted octanol–water partition coefficient (Wildman–Crippen LogP) is 3.14. The largest absolute Gasteiger partial charge is 0.490 e. The highest BCUT2D eigenvalue weighted by molar-refractivity contribution is 5.43. The Labute approximate surface area is 107 Å². The number of nitriles is 1. The van der Waals surface area contributed by atoms with Crippen molar-refractivity contribution in [2.75, 3.05) is 19.8 Å². The Hall–Kier alpha value is -1.60. The minimum absolute atomic E-state index is 0.0559. The van der Waals surface area contributed by atoms with E-state index < -0.39 is 5.82 Å². The first-order valence-corrected chi connectivity index (χ1v) is 6.04. The molecule has 98 valence electrons. The zero-order chi connectivity index (χ0) is 13.4. The van der Waals surface area contributed by atoms with Gasteiger partial charge in [0.2, 0.25) is 0 Å². The maximum atomic E-state index is 13.2. The first-order chi connectivity index (χ1) is 8.65. The Bertz CT molecular complexity index is 413. The summed E-state index contributed by atoms with van der Waals surface area (Å²) in [4.78, 5) is 0. The van der Waals surface area contributed by atoms with Crippen molar-refractivity contribution in [2.24, 2.45) is 5.92 Å². The van der Waals surface area contributed by atoms with Gasteiger partial charge in [-0.3, -0.25) is 0 Å². The number of halogens is 1. The summed E-state index contributed by atoms with van der Waals surface area (Å²) in [5.41, 5.74) is -0.0559. The second-order valence-electron chi connectivity index (χ2n) is 4.37. The summed E-state index contributed by atoms with van der Waals surface area (Å²) in [6, 6.07) is 6.13. The first-order valence-electron chi connectivity index (χ1n) is 6.04. The summed E-state index contributed by atoms with van der Waals surface area (Å²) in [5, 5.41) is 8.80. The lowest BCUT2D eigenvalue weighted by Gasteiger charge is -2.09. The highest BCUT2D eigenvalue weighted by Crippen LogP contribution is 2.20. The Morgan fingerprint density at radius 1 is 1.28 bits per heavy atom. The fourth-order valence-electron chi connectivity index (χ4n) is 1.36. The van der Waals surface area contributed by atoms with E-state index in [1.54, 1.807) is 12.1 Å². The molecule has 1 rings (SSSR count). The molecule has 1 aromatic rings. The molecule has 0 heterocycles. The van der Waals surface area contributed by atoms with Gasteiger partial charge in [0.05, 0.1) is 6.61 Å². The quantitative estimate of drug-likeness (QED) is 0.699. The fraction of sp³-hybridized carbons (Fsp3) is 0.500. The molecule has 4 heteroatoms. The van der Waals surface area contributed by atoms with Crippen LogP contribution in [-0.2, 0) is 4.74 Å². The van der Waals surface area contributed by atoms with Crippen LogP contribution in [0.5, 0.6) is 5.75 Å². The van der Waals surface area contributed by atoms with Crippen LogP contribution in [0.2, 0.25) is 0 Å². The molecule has 1 aromatic carbocycles. The summed E-state index contributed by atoms with van der Waals surface area (Å²) in [7, 11) is 0. The molecule has 0 fully saturated rings. The molecule has 0 bridgehead atoms. The minimum Gasteiger partial charge on any atom is -0.490 e. The molecular weight excluding hydrogens is 233 g/mol. The van der Waals surface area contributed by atoms with Crippen LogP contribution in [0.25, 0.3) is 0 Å². The van der Waals surface area contributed by atoms with E-state index in [1.165, 1.54) is 12.1 Å². The number of rotatable bonds is 7. The van der Waals surface area contributed by atoms with Gasteiger partial charge in [-0.25, -0.2) is 4.39 Å². The molecule has 0 amide bonds. The van der Waals surface area contributed by atoms with E-state index in [-0.39, 0.29) is 11.3 Å². The van der Waals surface area contributed by atoms with Gasteiger partial charge in [0.25, 0.3) is 0 Å². The lowest BCUT2D eigenvalue weighted by Crippen LogP contribution is -2.09. The van der Waals surface area contributed by atoms with Crippen LogP contribution < -0.4 is 4.74 Å². The third-order valence-electron chi connectivity index (χ3n) is 2.41. The molecule has 3 nitrogen and oxygen atoms in total. The fourth-order valence-corrected chi connectivity index (χ4v) is 1.36. The van der Waals surface area contributed by atoms with Crippen molar-refractivity contribution in [2.45, 2.75) is 20.3 Å². The number of hydrogen-bond acceptors (Lipinski definition) is 3. The van der Waals surface area contributed by atoms with Gasteiger partial charge in [-0.2, -0.15) is 5.26 Å². The summed E-state index contributed by atoms with van der Waals surface area (Å²) >= 11 is 0. The van der Waals surface area contributed by atoms with Crippen LogP contribution in [0.4, 0.5) is 4.39 Å². The van der Waals surface area contributed by atoms with Gasteiger partial charge >= 0.3 is 0 Å². The maximum absolute atomic E-state index is 13.2. The molecule has 0 saturated carbocycles. The Kier molecular flexibility index (Phi) is 6.16. The molecule has 0 aliphatic heterocycles. The van der Waals surface area contributed by atoms with Crippen molar-refractivity contribution in [1.29, 1.82) is 5.26 Å². The Morgan fingerprint density at radius 2 is 2.06 bits per heavy atom. The standard InChI is InChI=1S/C14H18FNO2/c1-11(2)6-7-17-8-9-18-14-5-3-4-13(15)12(14)10-16/h3-5,11H,6-9H2,1-2H3. The molecule has 0 spiro atoms. The van der Waals surface area contributed by atoms with E-state index in [0.29, 0.717) is 25.7 Å². The van der Waals surface area contributed by atoms with Crippen molar-refractivity contribution < 1.29 is 13.9 Å².